The van der Waals surface area contributed by atoms with Crippen molar-refractivity contribution in [2.75, 3.05) is 18.0 Å². The van der Waals surface area contributed by atoms with Crippen LogP contribution in [0.15, 0.2) is 47.4 Å². The molecule has 0 fully saturated rings. The number of hydrogen-bond donors (Lipinski definition) is 0. The molecule has 22 heavy (non-hydrogen) atoms. The van der Waals surface area contributed by atoms with Crippen molar-refractivity contribution in [1.29, 1.82) is 0 Å². The summed E-state index contributed by atoms with van der Waals surface area (Å²) in [5, 5.41) is 0. The van der Waals surface area contributed by atoms with Crippen molar-refractivity contribution in [3.63, 3.8) is 0 Å². The first-order valence-corrected chi connectivity index (χ1v) is 8.41. The van der Waals surface area contributed by atoms with Crippen LogP contribution in [0.5, 0.6) is 5.75 Å². The Kier molecular flexibility index (Phi) is 3.78. The number of rotatable bonds is 3. The molecule has 0 spiro atoms. The molecule has 0 N–H and O–H groups in total. The van der Waals surface area contributed by atoms with Crippen LogP contribution < -0.4 is 9.04 Å². The molecule has 0 saturated heterocycles. The molecule has 1 aliphatic heterocycles. The minimum atomic E-state index is -3.71. The fourth-order valence-corrected chi connectivity index (χ4v) is 4.16. The quantitative estimate of drug-likeness (QED) is 0.873. The summed E-state index contributed by atoms with van der Waals surface area (Å²) in [4.78, 5) is 0.0876. The summed E-state index contributed by atoms with van der Waals surface area (Å²) >= 11 is 0. The highest BCUT2D eigenvalue weighted by atomic mass is 32.2. The molecule has 0 aromatic heterocycles. The van der Waals surface area contributed by atoms with Crippen LogP contribution in [0.4, 0.5) is 10.1 Å². The number of sulfonamides is 1. The Hall–Kier alpha value is -2.08. The molecule has 3 rings (SSSR count). The van der Waals surface area contributed by atoms with Crippen LogP contribution in [0, 0.1) is 5.82 Å². The van der Waals surface area contributed by atoms with Gasteiger partial charge in [-0.05, 0) is 48.7 Å². The maximum atomic E-state index is 13.0. The van der Waals surface area contributed by atoms with Crippen LogP contribution in [-0.4, -0.2) is 22.1 Å². The summed E-state index contributed by atoms with van der Waals surface area (Å²) in [7, 11) is -2.16. The van der Waals surface area contributed by atoms with Crippen LogP contribution in [0.25, 0.3) is 0 Å². The topological polar surface area (TPSA) is 46.6 Å². The highest BCUT2D eigenvalue weighted by Crippen LogP contribution is 2.34. The van der Waals surface area contributed by atoms with Gasteiger partial charge in [-0.25, -0.2) is 12.8 Å². The summed E-state index contributed by atoms with van der Waals surface area (Å²) in [6.45, 7) is 0.403. The first-order chi connectivity index (χ1) is 10.5. The van der Waals surface area contributed by atoms with E-state index in [0.29, 0.717) is 18.0 Å². The van der Waals surface area contributed by atoms with Gasteiger partial charge in [0, 0.05) is 12.6 Å². The molecule has 6 heteroatoms. The third-order valence-electron chi connectivity index (χ3n) is 3.77. The largest absolute Gasteiger partial charge is 0.497 e. The Bertz CT molecular complexity index is 788. The van der Waals surface area contributed by atoms with E-state index in [9.17, 15) is 12.8 Å². The van der Waals surface area contributed by atoms with Gasteiger partial charge < -0.3 is 4.74 Å². The van der Waals surface area contributed by atoms with Gasteiger partial charge in [0.25, 0.3) is 10.0 Å². The number of aryl methyl sites for hydroxylation is 1. The van der Waals surface area contributed by atoms with E-state index in [1.165, 1.54) is 16.4 Å². The van der Waals surface area contributed by atoms with E-state index < -0.39 is 15.8 Å². The lowest BCUT2D eigenvalue weighted by Gasteiger charge is -2.30. The number of benzene rings is 2. The van der Waals surface area contributed by atoms with Gasteiger partial charge >= 0.3 is 0 Å². The molecule has 1 heterocycles. The molecule has 0 atom stereocenters. The zero-order valence-corrected chi connectivity index (χ0v) is 12.9. The number of anilines is 1. The lowest BCUT2D eigenvalue weighted by atomic mass is 10.0. The summed E-state index contributed by atoms with van der Waals surface area (Å²) in [5.74, 6) is 0.152. The molecule has 2 aromatic rings. The lowest BCUT2D eigenvalue weighted by molar-refractivity contribution is 0.414. The Balaban J connectivity index is 2.08. The second-order valence-electron chi connectivity index (χ2n) is 5.13. The summed E-state index contributed by atoms with van der Waals surface area (Å²) in [5.41, 5.74) is 1.60. The molecule has 1 aliphatic rings. The Labute approximate surface area is 129 Å². The Morgan fingerprint density at radius 1 is 1.14 bits per heavy atom. The van der Waals surface area contributed by atoms with Gasteiger partial charge in [0.05, 0.1) is 17.7 Å². The smallest absolute Gasteiger partial charge is 0.264 e. The van der Waals surface area contributed by atoms with Gasteiger partial charge in [-0.1, -0.05) is 6.07 Å². The summed E-state index contributed by atoms with van der Waals surface area (Å²) < 4.78 is 45.2. The van der Waals surface area contributed by atoms with Crippen molar-refractivity contribution in [3.05, 3.63) is 53.8 Å². The van der Waals surface area contributed by atoms with Crippen molar-refractivity contribution in [1.82, 2.24) is 0 Å². The zero-order chi connectivity index (χ0) is 15.7. The maximum Gasteiger partial charge on any atom is 0.264 e. The van der Waals surface area contributed by atoms with Crippen LogP contribution in [0.2, 0.25) is 0 Å². The fraction of sp³-hybridized carbons (Fsp3) is 0.250. The lowest BCUT2D eigenvalue weighted by Crippen LogP contribution is -2.35. The predicted octanol–water partition coefficient (Wildman–Crippen LogP) is 2.98. The molecule has 0 bridgehead atoms. The van der Waals surface area contributed by atoms with Gasteiger partial charge in [-0.15, -0.1) is 0 Å². The molecular formula is C16H16FNO3S. The average molecular weight is 321 g/mol. The fourth-order valence-electron chi connectivity index (χ4n) is 2.63. The Morgan fingerprint density at radius 2 is 1.86 bits per heavy atom. The van der Waals surface area contributed by atoms with Gasteiger partial charge in [0.15, 0.2) is 0 Å². The SMILES string of the molecule is COc1ccc2c(c1)N(S(=O)(=O)c1ccc(F)cc1)CCC2. The number of fused-ring (bicyclic) bond motifs is 1. The molecule has 0 aliphatic carbocycles. The van der Waals surface area contributed by atoms with Gasteiger partial charge in [0.2, 0.25) is 0 Å². The first-order valence-electron chi connectivity index (χ1n) is 6.97. The second-order valence-corrected chi connectivity index (χ2v) is 6.99. The van der Waals surface area contributed by atoms with Crippen molar-refractivity contribution in [2.45, 2.75) is 17.7 Å². The molecule has 0 unspecified atom stereocenters. The number of halogens is 1. The highest BCUT2D eigenvalue weighted by Gasteiger charge is 2.29. The van der Waals surface area contributed by atoms with Crippen LogP contribution in [0.1, 0.15) is 12.0 Å². The van der Waals surface area contributed by atoms with E-state index in [0.717, 1.165) is 30.5 Å². The first kappa shape index (κ1) is 14.8. The van der Waals surface area contributed by atoms with Crippen molar-refractivity contribution >= 4 is 15.7 Å². The van der Waals surface area contributed by atoms with Crippen LogP contribution >= 0.6 is 0 Å². The van der Waals surface area contributed by atoms with Crippen molar-refractivity contribution in [2.24, 2.45) is 0 Å². The number of methoxy groups -OCH3 is 1. The van der Waals surface area contributed by atoms with E-state index >= 15 is 0 Å². The highest BCUT2D eigenvalue weighted by molar-refractivity contribution is 7.92. The average Bonchev–Trinajstić information content (AvgIpc) is 2.54. The monoisotopic (exact) mass is 321 g/mol. The zero-order valence-electron chi connectivity index (χ0n) is 12.1. The molecule has 0 amide bonds. The standard InChI is InChI=1S/C16H16FNO3S/c1-21-14-7-4-12-3-2-10-18(16(12)11-14)22(19,20)15-8-5-13(17)6-9-15/h4-9,11H,2-3,10H2,1H3. The second kappa shape index (κ2) is 5.61. The summed E-state index contributed by atoms with van der Waals surface area (Å²) in [6.07, 6.45) is 1.58. The molecular weight excluding hydrogens is 305 g/mol. The molecule has 4 nitrogen and oxygen atoms in total. The minimum absolute atomic E-state index is 0.0876. The number of ether oxygens (including phenoxy) is 1. The van der Waals surface area contributed by atoms with E-state index in [4.69, 9.17) is 4.74 Å². The van der Waals surface area contributed by atoms with Crippen molar-refractivity contribution in [3.8, 4) is 5.75 Å². The normalized spacial score (nSPS) is 14.5. The Morgan fingerprint density at radius 3 is 2.55 bits per heavy atom. The van der Waals surface area contributed by atoms with Gasteiger partial charge in [-0.2, -0.15) is 0 Å². The van der Waals surface area contributed by atoms with Gasteiger partial charge in [0.1, 0.15) is 11.6 Å². The van der Waals surface area contributed by atoms with E-state index in [1.807, 2.05) is 12.1 Å². The number of hydrogen-bond acceptors (Lipinski definition) is 3. The molecule has 116 valence electrons. The van der Waals surface area contributed by atoms with Gasteiger partial charge in [-0.3, -0.25) is 4.31 Å². The van der Waals surface area contributed by atoms with E-state index in [2.05, 4.69) is 0 Å². The molecule has 0 radical (unpaired) electrons. The van der Waals surface area contributed by atoms with Crippen LogP contribution in [-0.2, 0) is 16.4 Å². The van der Waals surface area contributed by atoms with Crippen molar-refractivity contribution < 1.29 is 17.5 Å². The molecule has 2 aromatic carbocycles. The third-order valence-corrected chi connectivity index (χ3v) is 5.60. The predicted molar refractivity (Wildman–Crippen MR) is 82.2 cm³/mol. The van der Waals surface area contributed by atoms with Crippen LogP contribution in [0.3, 0.4) is 0 Å². The summed E-state index contributed by atoms with van der Waals surface area (Å²) in [6, 6.07) is 10.3. The molecule has 0 saturated carbocycles. The van der Waals surface area contributed by atoms with E-state index in [1.54, 1.807) is 13.2 Å². The number of nitrogens with zero attached hydrogens (tertiary/aromatic N) is 1. The minimum Gasteiger partial charge on any atom is -0.497 e. The van der Waals surface area contributed by atoms with E-state index in [-0.39, 0.29) is 4.90 Å². The third kappa shape index (κ3) is 2.54. The maximum absolute atomic E-state index is 13.0.